The van der Waals surface area contributed by atoms with Crippen LogP contribution in [0, 0.1) is 19.8 Å². The summed E-state index contributed by atoms with van der Waals surface area (Å²) >= 11 is 0. The Labute approximate surface area is 100 Å². The summed E-state index contributed by atoms with van der Waals surface area (Å²) in [6, 6.07) is 6.63. The monoisotopic (exact) mass is 219 g/mol. The fourth-order valence-corrected chi connectivity index (χ4v) is 2.39. The lowest BCUT2D eigenvalue weighted by molar-refractivity contribution is 0.479. The van der Waals surface area contributed by atoms with Crippen molar-refractivity contribution in [1.82, 2.24) is 0 Å². The molecule has 1 aromatic carbocycles. The van der Waals surface area contributed by atoms with Gasteiger partial charge in [0.2, 0.25) is 0 Å². The molecule has 1 heteroatoms. The van der Waals surface area contributed by atoms with E-state index in [0.717, 1.165) is 18.9 Å². The molecule has 0 aromatic heterocycles. The van der Waals surface area contributed by atoms with Crippen LogP contribution in [-0.4, -0.2) is 6.54 Å². The van der Waals surface area contributed by atoms with Crippen molar-refractivity contribution in [3.05, 3.63) is 34.9 Å². The molecule has 0 aliphatic heterocycles. The topological polar surface area (TPSA) is 26.0 Å². The lowest BCUT2D eigenvalue weighted by atomic mass is 9.84. The van der Waals surface area contributed by atoms with Crippen LogP contribution < -0.4 is 5.73 Å². The summed E-state index contributed by atoms with van der Waals surface area (Å²) in [6.45, 7) is 9.77. The third-order valence-corrected chi connectivity index (χ3v) is 3.36. The first kappa shape index (κ1) is 13.2. The molecule has 16 heavy (non-hydrogen) atoms. The normalized spacial score (nSPS) is 13.1. The standard InChI is InChI=1S/C15H25N/c1-11(2)10-14(8-9-16)15-7-5-6-12(3)13(15)4/h5-7,11,14H,8-10,16H2,1-4H3. The molecule has 2 N–H and O–H groups in total. The van der Waals surface area contributed by atoms with E-state index >= 15 is 0 Å². The Morgan fingerprint density at radius 2 is 1.88 bits per heavy atom. The van der Waals surface area contributed by atoms with Gasteiger partial charge in [-0.15, -0.1) is 0 Å². The molecule has 90 valence electrons. The molecule has 1 nitrogen and oxygen atoms in total. The van der Waals surface area contributed by atoms with Crippen LogP contribution in [0.3, 0.4) is 0 Å². The van der Waals surface area contributed by atoms with E-state index in [9.17, 15) is 0 Å². The fraction of sp³-hybridized carbons (Fsp3) is 0.600. The van der Waals surface area contributed by atoms with Crippen molar-refractivity contribution in [2.75, 3.05) is 6.54 Å². The maximum absolute atomic E-state index is 5.73. The van der Waals surface area contributed by atoms with E-state index in [1.807, 2.05) is 0 Å². The van der Waals surface area contributed by atoms with Gasteiger partial charge < -0.3 is 5.73 Å². The van der Waals surface area contributed by atoms with E-state index in [1.165, 1.54) is 23.1 Å². The van der Waals surface area contributed by atoms with Crippen LogP contribution >= 0.6 is 0 Å². The summed E-state index contributed by atoms with van der Waals surface area (Å²) in [7, 11) is 0. The van der Waals surface area contributed by atoms with Crippen molar-refractivity contribution in [3.63, 3.8) is 0 Å². The van der Waals surface area contributed by atoms with E-state index < -0.39 is 0 Å². The lowest BCUT2D eigenvalue weighted by Crippen LogP contribution is -2.11. The molecule has 0 fully saturated rings. The Morgan fingerprint density at radius 1 is 1.19 bits per heavy atom. The molecule has 0 radical (unpaired) electrons. The highest BCUT2D eigenvalue weighted by atomic mass is 14.5. The van der Waals surface area contributed by atoms with Crippen LogP contribution in [0.25, 0.3) is 0 Å². The minimum Gasteiger partial charge on any atom is -0.330 e. The highest BCUT2D eigenvalue weighted by Gasteiger charge is 2.15. The molecule has 0 bridgehead atoms. The quantitative estimate of drug-likeness (QED) is 0.801. The third kappa shape index (κ3) is 3.34. The number of rotatable bonds is 5. The van der Waals surface area contributed by atoms with Crippen LogP contribution in [0.5, 0.6) is 0 Å². The van der Waals surface area contributed by atoms with E-state index in [1.54, 1.807) is 0 Å². The SMILES string of the molecule is Cc1cccc(C(CCN)CC(C)C)c1C. The van der Waals surface area contributed by atoms with Crippen molar-refractivity contribution in [2.24, 2.45) is 11.7 Å². The van der Waals surface area contributed by atoms with Gasteiger partial charge in [0.1, 0.15) is 0 Å². The predicted molar refractivity (Wildman–Crippen MR) is 71.8 cm³/mol. The summed E-state index contributed by atoms with van der Waals surface area (Å²) in [5.74, 6) is 1.36. The molecule has 0 heterocycles. The van der Waals surface area contributed by atoms with Crippen molar-refractivity contribution in [3.8, 4) is 0 Å². The van der Waals surface area contributed by atoms with Crippen molar-refractivity contribution in [2.45, 2.75) is 46.5 Å². The van der Waals surface area contributed by atoms with Crippen molar-refractivity contribution in [1.29, 1.82) is 0 Å². The molecule has 0 aliphatic carbocycles. The summed E-state index contributed by atoms with van der Waals surface area (Å²) in [5, 5.41) is 0. The Kier molecular flexibility index (Phi) is 5.01. The predicted octanol–water partition coefficient (Wildman–Crippen LogP) is 3.78. The van der Waals surface area contributed by atoms with E-state index in [0.29, 0.717) is 5.92 Å². The first-order chi connectivity index (χ1) is 7.56. The average molecular weight is 219 g/mol. The molecular weight excluding hydrogens is 194 g/mol. The van der Waals surface area contributed by atoms with Crippen molar-refractivity contribution < 1.29 is 0 Å². The maximum atomic E-state index is 5.73. The van der Waals surface area contributed by atoms with E-state index in [2.05, 4.69) is 45.9 Å². The smallest absolute Gasteiger partial charge is 0.00714 e. The van der Waals surface area contributed by atoms with Crippen molar-refractivity contribution >= 4 is 0 Å². The van der Waals surface area contributed by atoms with Gasteiger partial charge in [-0.05, 0) is 61.8 Å². The lowest BCUT2D eigenvalue weighted by Gasteiger charge is -2.21. The summed E-state index contributed by atoms with van der Waals surface area (Å²) in [6.07, 6.45) is 2.34. The molecule has 0 spiro atoms. The summed E-state index contributed by atoms with van der Waals surface area (Å²) < 4.78 is 0. The van der Waals surface area contributed by atoms with Crippen LogP contribution in [-0.2, 0) is 0 Å². The minimum atomic E-state index is 0.630. The van der Waals surface area contributed by atoms with Crippen LogP contribution in [0.4, 0.5) is 0 Å². The molecule has 1 unspecified atom stereocenters. The highest BCUT2D eigenvalue weighted by molar-refractivity contribution is 5.35. The van der Waals surface area contributed by atoms with Gasteiger partial charge in [-0.1, -0.05) is 32.0 Å². The second-order valence-corrected chi connectivity index (χ2v) is 5.19. The number of nitrogens with two attached hydrogens (primary N) is 1. The molecule has 0 saturated carbocycles. The Bertz CT molecular complexity index is 328. The van der Waals surface area contributed by atoms with Gasteiger partial charge in [-0.3, -0.25) is 0 Å². The zero-order valence-electron chi connectivity index (χ0n) is 11.1. The van der Waals surface area contributed by atoms with Gasteiger partial charge in [-0.25, -0.2) is 0 Å². The zero-order valence-corrected chi connectivity index (χ0v) is 11.1. The second kappa shape index (κ2) is 6.05. The third-order valence-electron chi connectivity index (χ3n) is 3.36. The van der Waals surface area contributed by atoms with Gasteiger partial charge in [0, 0.05) is 0 Å². The number of aryl methyl sites for hydroxylation is 1. The first-order valence-electron chi connectivity index (χ1n) is 6.32. The summed E-state index contributed by atoms with van der Waals surface area (Å²) in [5.41, 5.74) is 10.1. The van der Waals surface area contributed by atoms with Gasteiger partial charge in [0.25, 0.3) is 0 Å². The van der Waals surface area contributed by atoms with Crippen LogP contribution in [0.2, 0.25) is 0 Å². The first-order valence-corrected chi connectivity index (χ1v) is 6.32. The molecule has 1 atom stereocenters. The Hall–Kier alpha value is -0.820. The van der Waals surface area contributed by atoms with Gasteiger partial charge in [0.15, 0.2) is 0 Å². The number of hydrogen-bond acceptors (Lipinski definition) is 1. The Balaban J connectivity index is 2.96. The van der Waals surface area contributed by atoms with Gasteiger partial charge >= 0.3 is 0 Å². The fourth-order valence-electron chi connectivity index (χ4n) is 2.39. The molecular formula is C15H25N. The zero-order chi connectivity index (χ0) is 12.1. The molecule has 1 aromatic rings. The van der Waals surface area contributed by atoms with Gasteiger partial charge in [-0.2, -0.15) is 0 Å². The number of hydrogen-bond donors (Lipinski definition) is 1. The number of benzene rings is 1. The molecule has 0 aliphatic rings. The highest BCUT2D eigenvalue weighted by Crippen LogP contribution is 2.30. The van der Waals surface area contributed by atoms with E-state index in [-0.39, 0.29) is 0 Å². The molecule has 0 saturated heterocycles. The maximum Gasteiger partial charge on any atom is -0.00714 e. The van der Waals surface area contributed by atoms with Gasteiger partial charge in [0.05, 0.1) is 0 Å². The second-order valence-electron chi connectivity index (χ2n) is 5.19. The Morgan fingerprint density at radius 3 is 2.44 bits per heavy atom. The van der Waals surface area contributed by atoms with Crippen LogP contribution in [0.1, 0.15) is 49.3 Å². The average Bonchev–Trinajstić information content (AvgIpc) is 2.21. The minimum absolute atomic E-state index is 0.630. The molecule has 0 amide bonds. The summed E-state index contributed by atoms with van der Waals surface area (Å²) in [4.78, 5) is 0. The van der Waals surface area contributed by atoms with Crippen LogP contribution in [0.15, 0.2) is 18.2 Å². The molecule has 1 rings (SSSR count). The van der Waals surface area contributed by atoms with E-state index in [4.69, 9.17) is 5.73 Å². The largest absolute Gasteiger partial charge is 0.330 e.